The minimum Gasteiger partial charge on any atom is -0.308 e. The van der Waals surface area contributed by atoms with Gasteiger partial charge in [-0.05, 0) is 52.6 Å². The van der Waals surface area contributed by atoms with Crippen LogP contribution in [-0.2, 0) is 0 Å². The van der Waals surface area contributed by atoms with Crippen LogP contribution in [0.15, 0.2) is 164 Å². The number of fused-ring (bicyclic) bond motifs is 6. The Morgan fingerprint density at radius 3 is 1.89 bits per heavy atom. The summed E-state index contributed by atoms with van der Waals surface area (Å²) >= 11 is 1.87. The minimum absolute atomic E-state index is 1.18. The molecule has 44 heavy (non-hydrogen) atoms. The highest BCUT2D eigenvalue weighted by Gasteiger charge is 2.19. The Bertz CT molecular complexity index is 2500. The predicted octanol–water partition coefficient (Wildman–Crippen LogP) is 12.2. The molecule has 0 aliphatic rings. The van der Waals surface area contributed by atoms with Crippen LogP contribution in [0.5, 0.6) is 0 Å². The van der Waals surface area contributed by atoms with E-state index in [1.807, 2.05) is 11.3 Å². The number of aromatic nitrogens is 1. The van der Waals surface area contributed by atoms with Crippen molar-refractivity contribution in [3.8, 4) is 39.1 Å². The van der Waals surface area contributed by atoms with Gasteiger partial charge in [0.15, 0.2) is 0 Å². The highest BCUT2D eigenvalue weighted by molar-refractivity contribution is 7.25. The van der Waals surface area contributed by atoms with Crippen molar-refractivity contribution in [3.63, 3.8) is 0 Å². The Kier molecular flexibility index (Phi) is 5.75. The van der Waals surface area contributed by atoms with Crippen LogP contribution in [0.2, 0.25) is 0 Å². The van der Waals surface area contributed by atoms with E-state index in [1.54, 1.807) is 0 Å². The first-order chi connectivity index (χ1) is 21.8. The third-order valence-electron chi connectivity index (χ3n) is 8.81. The lowest BCUT2D eigenvalue weighted by Crippen LogP contribution is -1.98. The summed E-state index contributed by atoms with van der Waals surface area (Å²) in [6, 6.07) is 59.6. The largest absolute Gasteiger partial charge is 0.308 e. The summed E-state index contributed by atoms with van der Waals surface area (Å²) in [5.41, 5.74) is 11.0. The lowest BCUT2D eigenvalue weighted by atomic mass is 9.95. The molecule has 0 aliphatic carbocycles. The number of hydrogen-bond donors (Lipinski definition) is 0. The molecule has 0 saturated heterocycles. The van der Waals surface area contributed by atoms with Crippen molar-refractivity contribution in [1.82, 2.24) is 4.57 Å². The Morgan fingerprint density at radius 2 is 0.977 bits per heavy atom. The van der Waals surface area contributed by atoms with Gasteiger partial charge in [-0.25, -0.2) is 0 Å². The molecule has 1 nitrogen and oxygen atoms in total. The first-order valence-electron chi connectivity index (χ1n) is 15.0. The molecule has 0 saturated carbocycles. The maximum Gasteiger partial charge on any atom is 0.0619 e. The van der Waals surface area contributed by atoms with E-state index in [-0.39, 0.29) is 0 Å². The van der Waals surface area contributed by atoms with Crippen LogP contribution in [0.1, 0.15) is 0 Å². The fraction of sp³-hybridized carbons (Fsp3) is 0. The summed E-state index contributed by atoms with van der Waals surface area (Å²) in [5.74, 6) is 0. The number of nitrogens with zero attached hydrogens (tertiary/aromatic N) is 1. The zero-order chi connectivity index (χ0) is 29.0. The average Bonchev–Trinajstić information content (AvgIpc) is 3.65. The SMILES string of the molecule is c1ccc(-c2cccc3c4ccccc4n(-c4ccccc4-c4cccc(-c5cccc6sc7ccccc7c56)c4)c23)cc1. The normalized spacial score (nSPS) is 11.6. The summed E-state index contributed by atoms with van der Waals surface area (Å²) < 4.78 is 5.13. The fourth-order valence-electron chi connectivity index (χ4n) is 6.90. The van der Waals surface area contributed by atoms with E-state index in [2.05, 4.69) is 168 Å². The van der Waals surface area contributed by atoms with E-state index in [0.717, 1.165) is 0 Å². The standard InChI is InChI=1S/C42H27NS/c1-2-13-28(14-3-1)33-21-11-22-35-34-18-5-8-24-38(34)43(42(33)35)37-23-7-4-17-31(37)29-15-10-16-30(27-29)32-20-12-26-40-41(32)36-19-6-9-25-39(36)44-40/h1-27H. The van der Waals surface area contributed by atoms with Crippen molar-refractivity contribution < 1.29 is 0 Å². The number of thiophene rings is 1. The van der Waals surface area contributed by atoms with E-state index >= 15 is 0 Å². The van der Waals surface area contributed by atoms with Crippen LogP contribution < -0.4 is 0 Å². The fourth-order valence-corrected chi connectivity index (χ4v) is 8.03. The Balaban J connectivity index is 1.30. The Hall–Kier alpha value is -5.44. The van der Waals surface area contributed by atoms with E-state index in [4.69, 9.17) is 0 Å². The molecule has 2 aromatic heterocycles. The molecule has 0 spiro atoms. The van der Waals surface area contributed by atoms with Crippen molar-refractivity contribution in [2.24, 2.45) is 0 Å². The van der Waals surface area contributed by atoms with Gasteiger partial charge in [0.1, 0.15) is 0 Å². The molecule has 0 bridgehead atoms. The molecule has 2 heterocycles. The predicted molar refractivity (Wildman–Crippen MR) is 190 cm³/mol. The third-order valence-corrected chi connectivity index (χ3v) is 9.95. The number of para-hydroxylation sites is 3. The van der Waals surface area contributed by atoms with E-state index in [9.17, 15) is 0 Å². The van der Waals surface area contributed by atoms with Crippen molar-refractivity contribution in [1.29, 1.82) is 0 Å². The summed E-state index contributed by atoms with van der Waals surface area (Å²) in [4.78, 5) is 0. The van der Waals surface area contributed by atoms with E-state index < -0.39 is 0 Å². The van der Waals surface area contributed by atoms with Crippen LogP contribution >= 0.6 is 11.3 Å². The van der Waals surface area contributed by atoms with Gasteiger partial charge in [-0.3, -0.25) is 0 Å². The molecule has 0 radical (unpaired) electrons. The van der Waals surface area contributed by atoms with Gasteiger partial charge in [-0.1, -0.05) is 133 Å². The van der Waals surface area contributed by atoms with Crippen LogP contribution in [0, 0.1) is 0 Å². The molecule has 0 amide bonds. The van der Waals surface area contributed by atoms with Crippen molar-refractivity contribution >= 4 is 53.3 Å². The van der Waals surface area contributed by atoms with Crippen molar-refractivity contribution in [3.05, 3.63) is 164 Å². The van der Waals surface area contributed by atoms with Crippen molar-refractivity contribution in [2.75, 3.05) is 0 Å². The monoisotopic (exact) mass is 577 g/mol. The van der Waals surface area contributed by atoms with Gasteiger partial charge < -0.3 is 4.57 Å². The quantitative estimate of drug-likeness (QED) is 0.196. The highest BCUT2D eigenvalue weighted by atomic mass is 32.1. The topological polar surface area (TPSA) is 4.93 Å². The molecule has 0 fully saturated rings. The molecule has 0 N–H and O–H groups in total. The van der Waals surface area contributed by atoms with Gasteiger partial charge in [-0.2, -0.15) is 0 Å². The highest BCUT2D eigenvalue weighted by Crippen LogP contribution is 2.43. The summed E-state index contributed by atoms with van der Waals surface area (Å²) in [6.07, 6.45) is 0. The first kappa shape index (κ1) is 25.1. The maximum absolute atomic E-state index is 2.47. The summed E-state index contributed by atoms with van der Waals surface area (Å²) in [6.45, 7) is 0. The Labute approximate surface area is 259 Å². The molecule has 206 valence electrons. The van der Waals surface area contributed by atoms with Gasteiger partial charge in [0, 0.05) is 42.1 Å². The number of hydrogen-bond acceptors (Lipinski definition) is 1. The zero-order valence-corrected chi connectivity index (χ0v) is 24.8. The molecule has 0 aliphatic heterocycles. The maximum atomic E-state index is 2.47. The molecule has 0 atom stereocenters. The molecule has 2 heteroatoms. The third kappa shape index (κ3) is 3.85. The van der Waals surface area contributed by atoms with Crippen LogP contribution in [0.25, 0.3) is 81.0 Å². The number of rotatable bonds is 4. The molecule has 7 aromatic carbocycles. The zero-order valence-electron chi connectivity index (χ0n) is 23.9. The number of benzene rings is 7. The van der Waals surface area contributed by atoms with Gasteiger partial charge in [0.2, 0.25) is 0 Å². The summed E-state index contributed by atoms with van der Waals surface area (Å²) in [7, 11) is 0. The molecule has 9 aromatic rings. The lowest BCUT2D eigenvalue weighted by molar-refractivity contribution is 1.18. The van der Waals surface area contributed by atoms with Gasteiger partial charge in [0.05, 0.1) is 16.7 Å². The second-order valence-corrected chi connectivity index (χ2v) is 12.4. The summed E-state index contributed by atoms with van der Waals surface area (Å²) in [5, 5.41) is 5.20. The smallest absolute Gasteiger partial charge is 0.0619 e. The lowest BCUT2D eigenvalue weighted by Gasteiger charge is -2.16. The molecular formula is C42H27NS. The average molecular weight is 578 g/mol. The van der Waals surface area contributed by atoms with Crippen LogP contribution in [0.4, 0.5) is 0 Å². The van der Waals surface area contributed by atoms with Crippen LogP contribution in [-0.4, -0.2) is 4.57 Å². The molecular weight excluding hydrogens is 551 g/mol. The van der Waals surface area contributed by atoms with Crippen LogP contribution in [0.3, 0.4) is 0 Å². The molecule has 9 rings (SSSR count). The minimum atomic E-state index is 1.18. The second-order valence-electron chi connectivity index (χ2n) is 11.3. The molecule has 0 unspecified atom stereocenters. The second kappa shape index (κ2) is 10.1. The van der Waals surface area contributed by atoms with Gasteiger partial charge in [-0.15, -0.1) is 11.3 Å². The van der Waals surface area contributed by atoms with E-state index in [0.29, 0.717) is 0 Å². The van der Waals surface area contributed by atoms with Crippen molar-refractivity contribution in [2.45, 2.75) is 0 Å². The van der Waals surface area contributed by atoms with E-state index in [1.165, 1.54) is 81.0 Å². The van der Waals surface area contributed by atoms with Gasteiger partial charge in [0.25, 0.3) is 0 Å². The first-order valence-corrected chi connectivity index (χ1v) is 15.8. The van der Waals surface area contributed by atoms with Gasteiger partial charge >= 0.3 is 0 Å². The Morgan fingerprint density at radius 1 is 0.386 bits per heavy atom.